The van der Waals surface area contributed by atoms with E-state index < -0.39 is 5.97 Å². The number of aliphatic carboxylic acids is 1. The summed E-state index contributed by atoms with van der Waals surface area (Å²) in [5.41, 5.74) is 0.830. The molecule has 1 rings (SSSR count). The van der Waals surface area contributed by atoms with E-state index in [1.165, 1.54) is 0 Å². The van der Waals surface area contributed by atoms with Crippen molar-refractivity contribution in [2.75, 3.05) is 0 Å². The van der Waals surface area contributed by atoms with E-state index in [0.29, 0.717) is 17.4 Å². The summed E-state index contributed by atoms with van der Waals surface area (Å²) < 4.78 is 0. The maximum Gasteiger partial charge on any atom is 0.382 e. The molecule has 0 aliphatic rings. The number of benzene rings is 1. The van der Waals surface area contributed by atoms with Crippen molar-refractivity contribution in [1.29, 1.82) is 0 Å². The lowest BCUT2D eigenvalue weighted by Gasteiger charge is -1.92. The van der Waals surface area contributed by atoms with Gasteiger partial charge in [-0.15, -0.1) is 0 Å². The second kappa shape index (κ2) is 4.07. The van der Waals surface area contributed by atoms with Gasteiger partial charge in [-0.1, -0.05) is 24.1 Å². The first kappa shape index (κ1) is 9.01. The van der Waals surface area contributed by atoms with E-state index >= 15 is 0 Å². The minimum atomic E-state index is -1.21. The molecule has 0 radical (unpaired) electrons. The summed E-state index contributed by atoms with van der Waals surface area (Å²) in [4.78, 5) is 20.6. The lowest BCUT2D eigenvalue weighted by molar-refractivity contribution is -0.130. The number of hydrogen-bond donors (Lipinski definition) is 1. The van der Waals surface area contributed by atoms with Crippen molar-refractivity contribution in [1.82, 2.24) is 0 Å². The molecule has 3 heteroatoms. The average Bonchev–Trinajstić information content (AvgIpc) is 2.15. The smallest absolute Gasteiger partial charge is 0.382 e. The highest BCUT2D eigenvalue weighted by atomic mass is 16.4. The van der Waals surface area contributed by atoms with E-state index in [1.807, 2.05) is 5.92 Å². The van der Waals surface area contributed by atoms with Crippen molar-refractivity contribution in [2.45, 2.75) is 0 Å². The molecular weight excluding hydrogens is 168 g/mol. The van der Waals surface area contributed by atoms with Crippen LogP contribution in [-0.4, -0.2) is 17.4 Å². The Labute approximate surface area is 75.0 Å². The number of rotatable bonds is 1. The van der Waals surface area contributed by atoms with E-state index in [9.17, 15) is 9.59 Å². The molecule has 0 saturated heterocycles. The van der Waals surface area contributed by atoms with Crippen LogP contribution >= 0.6 is 0 Å². The minimum absolute atomic E-state index is 0.399. The maximum atomic E-state index is 10.5. The summed E-state index contributed by atoms with van der Waals surface area (Å²) >= 11 is 0. The molecule has 3 nitrogen and oxygen atoms in total. The third-order valence-corrected chi connectivity index (χ3v) is 1.39. The van der Waals surface area contributed by atoms with Crippen molar-refractivity contribution in [3.8, 4) is 11.8 Å². The molecule has 0 atom stereocenters. The number of hydrogen-bond acceptors (Lipinski definition) is 2. The zero-order chi connectivity index (χ0) is 9.68. The van der Waals surface area contributed by atoms with Gasteiger partial charge in [0.25, 0.3) is 0 Å². The van der Waals surface area contributed by atoms with Crippen LogP contribution in [-0.2, 0) is 4.79 Å². The second-order valence-electron chi connectivity index (χ2n) is 2.26. The molecular formula is C10H6O3. The first-order valence-corrected chi connectivity index (χ1v) is 3.53. The SMILES string of the molecule is O=Cc1ccccc1C#CC(=O)O. The van der Waals surface area contributed by atoms with Gasteiger partial charge in [0.2, 0.25) is 0 Å². The topological polar surface area (TPSA) is 54.4 Å². The molecule has 1 N–H and O–H groups in total. The third kappa shape index (κ3) is 2.46. The lowest BCUT2D eigenvalue weighted by Crippen LogP contribution is -1.90. The van der Waals surface area contributed by atoms with Crippen LogP contribution in [0.2, 0.25) is 0 Å². The van der Waals surface area contributed by atoms with E-state index in [2.05, 4.69) is 5.92 Å². The summed E-state index contributed by atoms with van der Waals surface area (Å²) in [6.45, 7) is 0. The molecule has 64 valence electrons. The first-order chi connectivity index (χ1) is 6.24. The quantitative estimate of drug-likeness (QED) is 0.509. The molecule has 1 aromatic carbocycles. The number of carbonyl (C=O) groups excluding carboxylic acids is 1. The maximum absolute atomic E-state index is 10.5. The van der Waals surface area contributed by atoms with E-state index in [4.69, 9.17) is 5.11 Å². The van der Waals surface area contributed by atoms with Gasteiger partial charge in [-0.3, -0.25) is 4.79 Å². The molecule has 0 saturated carbocycles. The zero-order valence-electron chi connectivity index (χ0n) is 6.65. The molecule has 1 aromatic rings. The summed E-state index contributed by atoms with van der Waals surface area (Å²) in [6, 6.07) is 6.56. The van der Waals surface area contributed by atoms with Gasteiger partial charge in [-0.25, -0.2) is 4.79 Å². The molecule has 0 unspecified atom stereocenters. The highest BCUT2D eigenvalue weighted by Gasteiger charge is 1.95. The highest BCUT2D eigenvalue weighted by Crippen LogP contribution is 2.03. The largest absolute Gasteiger partial charge is 0.472 e. The number of carboxylic acids is 1. The van der Waals surface area contributed by atoms with Crippen LogP contribution in [0.1, 0.15) is 15.9 Å². The fourth-order valence-corrected chi connectivity index (χ4v) is 0.834. The number of carboxylic acid groups (broad SMARTS) is 1. The summed E-state index contributed by atoms with van der Waals surface area (Å²) in [5, 5.41) is 8.28. The Kier molecular flexibility index (Phi) is 2.82. The predicted molar refractivity (Wildman–Crippen MR) is 46.3 cm³/mol. The van der Waals surface area contributed by atoms with E-state index in [0.717, 1.165) is 0 Å². The molecule has 0 aliphatic carbocycles. The highest BCUT2D eigenvalue weighted by molar-refractivity contribution is 5.88. The van der Waals surface area contributed by atoms with E-state index in [1.54, 1.807) is 24.3 Å². The van der Waals surface area contributed by atoms with Crippen LogP contribution < -0.4 is 0 Å². The molecule has 0 amide bonds. The Hall–Kier alpha value is -2.08. The average molecular weight is 174 g/mol. The van der Waals surface area contributed by atoms with Crippen molar-refractivity contribution in [3.63, 3.8) is 0 Å². The molecule has 0 heterocycles. The van der Waals surface area contributed by atoms with Gasteiger partial charge in [0.05, 0.1) is 0 Å². The fourth-order valence-electron chi connectivity index (χ4n) is 0.834. The first-order valence-electron chi connectivity index (χ1n) is 3.53. The van der Waals surface area contributed by atoms with Gasteiger partial charge in [-0.05, 0) is 6.07 Å². The molecule has 0 aliphatic heterocycles. The van der Waals surface area contributed by atoms with Crippen LogP contribution in [0.25, 0.3) is 0 Å². The molecule has 13 heavy (non-hydrogen) atoms. The second-order valence-corrected chi connectivity index (χ2v) is 2.26. The van der Waals surface area contributed by atoms with Crippen LogP contribution in [0.5, 0.6) is 0 Å². The van der Waals surface area contributed by atoms with Crippen molar-refractivity contribution in [3.05, 3.63) is 35.4 Å². The third-order valence-electron chi connectivity index (χ3n) is 1.39. The van der Waals surface area contributed by atoms with E-state index in [-0.39, 0.29) is 0 Å². The molecule has 0 bridgehead atoms. The summed E-state index contributed by atoms with van der Waals surface area (Å²) in [5.74, 6) is 3.12. The standard InChI is InChI=1S/C10H6O3/c11-7-9-4-2-1-3-8(9)5-6-10(12)13/h1-4,7H,(H,12,13). The monoisotopic (exact) mass is 174 g/mol. The Balaban J connectivity index is 3.09. The van der Waals surface area contributed by atoms with Crippen molar-refractivity contribution in [2.24, 2.45) is 0 Å². The minimum Gasteiger partial charge on any atom is -0.472 e. The van der Waals surface area contributed by atoms with Crippen LogP contribution in [0, 0.1) is 11.8 Å². The number of aldehydes is 1. The van der Waals surface area contributed by atoms with Gasteiger partial charge in [-0.2, -0.15) is 0 Å². The molecule has 0 spiro atoms. The normalized spacial score (nSPS) is 8.31. The van der Waals surface area contributed by atoms with Gasteiger partial charge in [0.15, 0.2) is 6.29 Å². The van der Waals surface area contributed by atoms with Crippen LogP contribution in [0.4, 0.5) is 0 Å². The van der Waals surface area contributed by atoms with Crippen LogP contribution in [0.15, 0.2) is 24.3 Å². The predicted octanol–water partition coefficient (Wildman–Crippen LogP) is 0.935. The Morgan fingerprint density at radius 2 is 2.08 bits per heavy atom. The summed E-state index contributed by atoms with van der Waals surface area (Å²) in [6.07, 6.45) is 0.645. The van der Waals surface area contributed by atoms with Gasteiger partial charge in [0, 0.05) is 17.0 Å². The van der Waals surface area contributed by atoms with Gasteiger partial charge >= 0.3 is 5.97 Å². The Morgan fingerprint density at radius 3 is 2.69 bits per heavy atom. The van der Waals surface area contributed by atoms with Gasteiger partial charge in [0.1, 0.15) is 0 Å². The Bertz CT molecular complexity index is 396. The molecule has 0 fully saturated rings. The fraction of sp³-hybridized carbons (Fsp3) is 0. The van der Waals surface area contributed by atoms with Crippen LogP contribution in [0.3, 0.4) is 0 Å². The molecule has 0 aromatic heterocycles. The lowest BCUT2D eigenvalue weighted by atomic mass is 10.1. The Morgan fingerprint density at radius 1 is 1.38 bits per heavy atom. The zero-order valence-corrected chi connectivity index (χ0v) is 6.65. The summed E-state index contributed by atoms with van der Waals surface area (Å²) in [7, 11) is 0. The van der Waals surface area contributed by atoms with Gasteiger partial charge < -0.3 is 5.11 Å². The van der Waals surface area contributed by atoms with Crippen molar-refractivity contribution < 1.29 is 14.7 Å². The number of carbonyl (C=O) groups is 2. The van der Waals surface area contributed by atoms with Crippen molar-refractivity contribution >= 4 is 12.3 Å².